The predicted octanol–water partition coefficient (Wildman–Crippen LogP) is 4.25. The smallest absolute Gasteiger partial charge is 0.326 e. The van der Waals surface area contributed by atoms with Crippen LogP contribution in [0.25, 0.3) is 11.0 Å². The second-order valence-corrected chi connectivity index (χ2v) is 10.7. The first-order chi connectivity index (χ1) is 18.4. The van der Waals surface area contributed by atoms with E-state index in [0.717, 1.165) is 46.1 Å². The fourth-order valence-electron chi connectivity index (χ4n) is 5.16. The number of para-hydroxylation sites is 2. The minimum atomic E-state index is -0.0774. The number of nitrogens with one attached hydrogen (secondary N) is 1. The number of fused-ring (bicyclic) bond motifs is 1. The Balaban J connectivity index is 1.17. The quantitative estimate of drug-likeness (QED) is 0.345. The molecule has 5 rings (SSSR count). The number of hydrogen-bond donors (Lipinski definition) is 1. The van der Waals surface area contributed by atoms with Gasteiger partial charge in [-0.05, 0) is 56.5 Å². The van der Waals surface area contributed by atoms with Crippen molar-refractivity contribution in [3.05, 3.63) is 70.4 Å². The fourth-order valence-corrected chi connectivity index (χ4v) is 6.00. The molecule has 4 aromatic rings. The summed E-state index contributed by atoms with van der Waals surface area (Å²) in [4.78, 5) is 37.5. The molecule has 0 spiro atoms. The lowest BCUT2D eigenvalue weighted by Gasteiger charge is -2.33. The number of carbonyl (C=O) groups excluding carboxylic acids is 1. The van der Waals surface area contributed by atoms with E-state index in [1.165, 1.54) is 11.5 Å². The first-order valence-corrected chi connectivity index (χ1v) is 13.9. The number of aromatic amines is 1. The lowest BCUT2D eigenvalue weighted by atomic mass is 10.0. The molecule has 1 saturated heterocycles. The highest BCUT2D eigenvalue weighted by Gasteiger charge is 2.27. The van der Waals surface area contributed by atoms with Crippen molar-refractivity contribution in [2.45, 2.75) is 51.6 Å². The molecular formula is C28H34N6O3S. The fraction of sp³-hybridized carbons (Fsp3) is 0.429. The van der Waals surface area contributed by atoms with Gasteiger partial charge in [-0.15, -0.1) is 0 Å². The maximum absolute atomic E-state index is 13.1. The summed E-state index contributed by atoms with van der Waals surface area (Å²) in [5.74, 6) is 1.73. The summed E-state index contributed by atoms with van der Waals surface area (Å²) in [6.45, 7) is 6.11. The zero-order chi connectivity index (χ0) is 26.6. The summed E-state index contributed by atoms with van der Waals surface area (Å²) in [5.41, 5.74) is 2.80. The molecule has 1 aliphatic heterocycles. The first-order valence-electron chi connectivity index (χ1n) is 13.1. The first kappa shape index (κ1) is 26.0. The summed E-state index contributed by atoms with van der Waals surface area (Å²) < 4.78 is 11.7. The van der Waals surface area contributed by atoms with E-state index in [9.17, 15) is 9.59 Å². The van der Waals surface area contributed by atoms with Gasteiger partial charge in [0.05, 0.1) is 18.1 Å². The van der Waals surface area contributed by atoms with Crippen molar-refractivity contribution in [2.24, 2.45) is 0 Å². The van der Waals surface area contributed by atoms with E-state index in [2.05, 4.69) is 28.1 Å². The molecule has 0 radical (unpaired) electrons. The van der Waals surface area contributed by atoms with Crippen LogP contribution in [0.4, 0.5) is 5.13 Å². The Labute approximate surface area is 226 Å². The minimum Gasteiger partial charge on any atom is -0.497 e. The molecule has 2 aromatic heterocycles. The number of methoxy groups -OCH3 is 1. The molecule has 1 N–H and O–H groups in total. The Morgan fingerprint density at radius 2 is 1.97 bits per heavy atom. The maximum Gasteiger partial charge on any atom is 0.326 e. The van der Waals surface area contributed by atoms with Crippen LogP contribution in [0.1, 0.15) is 50.5 Å². The van der Waals surface area contributed by atoms with Crippen LogP contribution in [0, 0.1) is 0 Å². The number of piperidine rings is 1. The highest BCUT2D eigenvalue weighted by molar-refractivity contribution is 7.09. The third kappa shape index (κ3) is 5.60. The maximum atomic E-state index is 13.1. The number of nitrogens with zero attached hydrogens (tertiary/aromatic N) is 5. The molecule has 0 unspecified atom stereocenters. The second-order valence-electron chi connectivity index (χ2n) is 9.99. The van der Waals surface area contributed by atoms with Gasteiger partial charge in [0.25, 0.3) is 0 Å². The zero-order valence-electron chi connectivity index (χ0n) is 22.1. The number of aromatic nitrogens is 4. The molecule has 9 nitrogen and oxygen atoms in total. The van der Waals surface area contributed by atoms with Crippen molar-refractivity contribution in [1.82, 2.24) is 23.8 Å². The number of anilines is 1. The van der Waals surface area contributed by atoms with Gasteiger partial charge in [0.2, 0.25) is 11.0 Å². The van der Waals surface area contributed by atoms with Crippen LogP contribution in [0.5, 0.6) is 5.75 Å². The summed E-state index contributed by atoms with van der Waals surface area (Å²) in [6.07, 6.45) is 2.59. The van der Waals surface area contributed by atoms with E-state index in [0.29, 0.717) is 32.5 Å². The van der Waals surface area contributed by atoms with E-state index in [1.54, 1.807) is 7.11 Å². The summed E-state index contributed by atoms with van der Waals surface area (Å²) in [5, 5.41) is 0.836. The standard InChI is InChI=1S/C28H34N6O3S/c1-19(2)33(28-30-25(31-38-28)18-20-7-6-8-22(17-20)37-3)16-13-26(35)32-14-11-21(12-15-32)34-24-10-5-4-9-23(24)29-27(34)36/h4-10,17,19,21H,11-16,18H2,1-3H3,(H,29,36). The van der Waals surface area contributed by atoms with Crippen LogP contribution in [-0.2, 0) is 11.2 Å². The Morgan fingerprint density at radius 1 is 1.18 bits per heavy atom. The predicted molar refractivity (Wildman–Crippen MR) is 150 cm³/mol. The molecule has 2 aromatic carbocycles. The highest BCUT2D eigenvalue weighted by atomic mass is 32.1. The van der Waals surface area contributed by atoms with Crippen molar-refractivity contribution in [1.29, 1.82) is 0 Å². The van der Waals surface area contributed by atoms with Crippen LogP contribution in [0.3, 0.4) is 0 Å². The number of likely N-dealkylation sites (tertiary alicyclic amines) is 1. The highest BCUT2D eigenvalue weighted by Crippen LogP contribution is 2.26. The molecular weight excluding hydrogens is 500 g/mol. The van der Waals surface area contributed by atoms with Crippen LogP contribution >= 0.6 is 11.5 Å². The minimum absolute atomic E-state index is 0.0774. The molecule has 38 heavy (non-hydrogen) atoms. The van der Waals surface area contributed by atoms with E-state index in [1.807, 2.05) is 58.0 Å². The van der Waals surface area contributed by atoms with Gasteiger partial charge in [0.15, 0.2) is 0 Å². The Hall–Kier alpha value is -3.66. The van der Waals surface area contributed by atoms with E-state index in [-0.39, 0.29) is 23.7 Å². The SMILES string of the molecule is COc1cccc(Cc2nsc(N(CCC(=O)N3CCC(n4c(=O)[nH]c5ccccc54)CC3)C(C)C)n2)c1. The summed E-state index contributed by atoms with van der Waals surface area (Å²) in [6, 6.07) is 16.0. The topological polar surface area (TPSA) is 96.4 Å². The molecule has 1 aliphatic rings. The van der Waals surface area contributed by atoms with Gasteiger partial charge in [-0.1, -0.05) is 24.3 Å². The van der Waals surface area contributed by atoms with Gasteiger partial charge in [0, 0.05) is 56.1 Å². The molecule has 0 atom stereocenters. The van der Waals surface area contributed by atoms with Gasteiger partial charge in [-0.3, -0.25) is 9.36 Å². The van der Waals surface area contributed by atoms with E-state index < -0.39 is 0 Å². The molecule has 3 heterocycles. The summed E-state index contributed by atoms with van der Waals surface area (Å²) >= 11 is 1.38. The Morgan fingerprint density at radius 3 is 2.74 bits per heavy atom. The Bertz CT molecular complexity index is 1450. The molecule has 0 aliphatic carbocycles. The zero-order valence-corrected chi connectivity index (χ0v) is 22.9. The number of rotatable bonds is 9. The lowest BCUT2D eigenvalue weighted by molar-refractivity contribution is -0.132. The van der Waals surface area contributed by atoms with Gasteiger partial charge < -0.3 is 19.5 Å². The molecule has 0 saturated carbocycles. The van der Waals surface area contributed by atoms with Crippen molar-refractivity contribution >= 4 is 33.6 Å². The molecule has 10 heteroatoms. The van der Waals surface area contributed by atoms with Crippen LogP contribution < -0.4 is 15.3 Å². The average Bonchev–Trinajstić information content (AvgIpc) is 3.52. The van der Waals surface area contributed by atoms with Crippen molar-refractivity contribution in [3.63, 3.8) is 0 Å². The van der Waals surface area contributed by atoms with Gasteiger partial charge >= 0.3 is 5.69 Å². The molecule has 0 bridgehead atoms. The van der Waals surface area contributed by atoms with Crippen molar-refractivity contribution in [3.8, 4) is 5.75 Å². The van der Waals surface area contributed by atoms with Crippen molar-refractivity contribution in [2.75, 3.05) is 31.6 Å². The second kappa shape index (κ2) is 11.4. The normalized spacial score (nSPS) is 14.4. The molecule has 1 amide bonds. The van der Waals surface area contributed by atoms with Gasteiger partial charge in [-0.2, -0.15) is 4.37 Å². The van der Waals surface area contributed by atoms with Crippen molar-refractivity contribution < 1.29 is 9.53 Å². The van der Waals surface area contributed by atoms with Gasteiger partial charge in [-0.25, -0.2) is 9.78 Å². The number of carbonyl (C=O) groups is 1. The molecule has 200 valence electrons. The lowest BCUT2D eigenvalue weighted by Crippen LogP contribution is -2.42. The number of benzene rings is 2. The largest absolute Gasteiger partial charge is 0.497 e. The number of H-pyrrole nitrogens is 1. The molecule has 1 fully saturated rings. The van der Waals surface area contributed by atoms with E-state index in [4.69, 9.17) is 9.72 Å². The number of amides is 1. The monoisotopic (exact) mass is 534 g/mol. The average molecular weight is 535 g/mol. The number of hydrogen-bond acceptors (Lipinski definition) is 7. The third-order valence-corrected chi connectivity index (χ3v) is 7.99. The van der Waals surface area contributed by atoms with Crippen LogP contribution in [-0.4, -0.2) is 62.5 Å². The van der Waals surface area contributed by atoms with E-state index >= 15 is 0 Å². The summed E-state index contributed by atoms with van der Waals surface area (Å²) in [7, 11) is 1.66. The third-order valence-electron chi connectivity index (χ3n) is 7.20. The van der Waals surface area contributed by atoms with Gasteiger partial charge in [0.1, 0.15) is 11.6 Å². The number of imidazole rings is 1. The van der Waals surface area contributed by atoms with Crippen LogP contribution in [0.15, 0.2) is 53.3 Å². The Kier molecular flexibility index (Phi) is 7.78. The van der Waals surface area contributed by atoms with Crippen LogP contribution in [0.2, 0.25) is 0 Å². The number of ether oxygens (including phenoxy) is 1.